The minimum Gasteiger partial charge on any atom is -0.307 e. The number of aromatic nitrogens is 1. The molecule has 0 aliphatic rings. The van der Waals surface area contributed by atoms with Gasteiger partial charge in [0.1, 0.15) is 0 Å². The Morgan fingerprint density at radius 1 is 1.16 bits per heavy atom. The van der Waals surface area contributed by atoms with Crippen LogP contribution in [0.25, 0.3) is 0 Å². The third kappa shape index (κ3) is 3.20. The molecule has 1 aromatic heterocycles. The number of nitrogens with zero attached hydrogens (tertiary/aromatic N) is 1. The van der Waals surface area contributed by atoms with E-state index in [0.29, 0.717) is 5.56 Å². The molecule has 4 heteroatoms. The Hall–Kier alpha value is -1.68. The lowest BCUT2D eigenvalue weighted by atomic mass is 10.0. The Bertz CT molecular complexity index is 689. The molecule has 3 nitrogen and oxygen atoms in total. The van der Waals surface area contributed by atoms with Gasteiger partial charge in [-0.2, -0.15) is 0 Å². The lowest BCUT2D eigenvalue weighted by Gasteiger charge is -2.07. The van der Waals surface area contributed by atoms with Crippen LogP contribution in [-0.2, 0) is 6.54 Å². The lowest BCUT2D eigenvalue weighted by molar-refractivity contribution is 0.0970. The molecule has 2 rings (SSSR count). The Kier molecular flexibility index (Phi) is 4.00. The highest BCUT2D eigenvalue weighted by atomic mass is 79.9. The van der Waals surface area contributed by atoms with E-state index in [4.69, 9.17) is 0 Å². The fraction of sp³-hybridized carbons (Fsp3) is 0.200. The van der Waals surface area contributed by atoms with E-state index in [-0.39, 0.29) is 17.9 Å². The number of Topliss-reactive ketones (excluding diaryl/α,β-unsaturated/α-hetero) is 1. The molecule has 0 aliphatic carbocycles. The summed E-state index contributed by atoms with van der Waals surface area (Å²) in [7, 11) is 0. The van der Waals surface area contributed by atoms with Crippen molar-refractivity contribution in [3.63, 3.8) is 0 Å². The predicted octanol–water partition coefficient (Wildman–Crippen LogP) is 3.11. The molecule has 2 aromatic rings. The van der Waals surface area contributed by atoms with Crippen molar-refractivity contribution in [2.75, 3.05) is 0 Å². The summed E-state index contributed by atoms with van der Waals surface area (Å²) in [5.41, 5.74) is 2.68. The van der Waals surface area contributed by atoms with Gasteiger partial charge in [0, 0.05) is 22.3 Å². The first-order valence-electron chi connectivity index (χ1n) is 5.94. The molecule has 1 heterocycles. The maximum atomic E-state index is 12.2. The summed E-state index contributed by atoms with van der Waals surface area (Å²) >= 11 is 3.29. The fourth-order valence-electron chi connectivity index (χ4n) is 1.79. The topological polar surface area (TPSA) is 39.1 Å². The lowest BCUT2D eigenvalue weighted by Crippen LogP contribution is -2.23. The maximum Gasteiger partial charge on any atom is 0.251 e. The monoisotopic (exact) mass is 319 g/mol. The second-order valence-corrected chi connectivity index (χ2v) is 5.45. The number of hydrogen-bond donors (Lipinski definition) is 0. The van der Waals surface area contributed by atoms with Gasteiger partial charge in [0.2, 0.25) is 0 Å². The van der Waals surface area contributed by atoms with Gasteiger partial charge in [0.15, 0.2) is 5.78 Å². The smallest absolute Gasteiger partial charge is 0.251 e. The molecule has 0 radical (unpaired) electrons. The largest absolute Gasteiger partial charge is 0.307 e. The average Bonchev–Trinajstić information content (AvgIpc) is 2.37. The van der Waals surface area contributed by atoms with E-state index >= 15 is 0 Å². The van der Waals surface area contributed by atoms with Crippen molar-refractivity contribution < 1.29 is 4.79 Å². The molecule has 0 saturated carbocycles. The first-order chi connectivity index (χ1) is 8.97. The molecule has 0 aliphatic heterocycles. The van der Waals surface area contributed by atoms with Crippen molar-refractivity contribution >= 4 is 21.7 Å². The number of carbonyl (C=O) groups is 1. The highest BCUT2D eigenvalue weighted by Crippen LogP contribution is 2.11. The van der Waals surface area contributed by atoms with Crippen LogP contribution >= 0.6 is 15.9 Å². The third-order valence-corrected chi connectivity index (χ3v) is 3.56. The van der Waals surface area contributed by atoms with Crippen molar-refractivity contribution in [3.8, 4) is 0 Å². The molecule has 0 amide bonds. The summed E-state index contributed by atoms with van der Waals surface area (Å²) in [5, 5.41) is 0. The van der Waals surface area contributed by atoms with Gasteiger partial charge in [-0.1, -0.05) is 12.1 Å². The number of hydrogen-bond acceptors (Lipinski definition) is 2. The quantitative estimate of drug-likeness (QED) is 0.815. The van der Waals surface area contributed by atoms with Crippen LogP contribution in [0, 0.1) is 13.8 Å². The third-order valence-electron chi connectivity index (χ3n) is 3.09. The van der Waals surface area contributed by atoms with E-state index in [1.54, 1.807) is 18.3 Å². The van der Waals surface area contributed by atoms with Gasteiger partial charge in [-0.15, -0.1) is 0 Å². The number of carbonyl (C=O) groups excluding carboxylic acids is 1. The molecule has 19 heavy (non-hydrogen) atoms. The highest BCUT2D eigenvalue weighted by Gasteiger charge is 2.09. The first-order valence-corrected chi connectivity index (χ1v) is 6.73. The van der Waals surface area contributed by atoms with Crippen LogP contribution < -0.4 is 5.56 Å². The predicted molar refractivity (Wildman–Crippen MR) is 78.6 cm³/mol. The van der Waals surface area contributed by atoms with E-state index in [0.717, 1.165) is 15.6 Å². The molecule has 0 spiro atoms. The van der Waals surface area contributed by atoms with Gasteiger partial charge in [-0.05, 0) is 53.0 Å². The number of pyridine rings is 1. The first kappa shape index (κ1) is 13.7. The number of ketones is 1. The van der Waals surface area contributed by atoms with Crippen LogP contribution in [0.5, 0.6) is 0 Å². The molecule has 0 unspecified atom stereocenters. The van der Waals surface area contributed by atoms with Crippen LogP contribution in [0.15, 0.2) is 45.8 Å². The zero-order chi connectivity index (χ0) is 14.0. The summed E-state index contributed by atoms with van der Waals surface area (Å²) in [6, 6.07) is 8.69. The molecule has 1 aromatic carbocycles. The normalized spacial score (nSPS) is 10.5. The highest BCUT2D eigenvalue weighted by molar-refractivity contribution is 9.10. The van der Waals surface area contributed by atoms with E-state index in [1.807, 2.05) is 26.0 Å². The van der Waals surface area contributed by atoms with E-state index < -0.39 is 0 Å². The molecule has 0 N–H and O–H groups in total. The van der Waals surface area contributed by atoms with E-state index in [9.17, 15) is 9.59 Å². The summed E-state index contributed by atoms with van der Waals surface area (Å²) < 4.78 is 2.18. The van der Waals surface area contributed by atoms with Crippen LogP contribution in [0.2, 0.25) is 0 Å². The van der Waals surface area contributed by atoms with E-state index in [2.05, 4.69) is 15.9 Å². The number of halogens is 1. The molecular formula is C15H14BrNO2. The van der Waals surface area contributed by atoms with Gasteiger partial charge < -0.3 is 4.57 Å². The zero-order valence-corrected chi connectivity index (χ0v) is 12.4. The van der Waals surface area contributed by atoms with Gasteiger partial charge in [0.05, 0.1) is 6.54 Å². The SMILES string of the molecule is Cc1ccc(C(=O)Cn2cc(Br)ccc2=O)cc1C. The molecule has 0 atom stereocenters. The van der Waals surface area contributed by atoms with Crippen molar-refractivity contribution in [3.05, 3.63) is 68.0 Å². The second-order valence-electron chi connectivity index (χ2n) is 4.54. The number of benzene rings is 1. The second kappa shape index (κ2) is 5.53. The molecule has 0 saturated heterocycles. The summed E-state index contributed by atoms with van der Waals surface area (Å²) in [6.45, 7) is 4.03. The van der Waals surface area contributed by atoms with Crippen LogP contribution in [0.1, 0.15) is 21.5 Å². The van der Waals surface area contributed by atoms with Crippen LogP contribution in [0.4, 0.5) is 0 Å². The minimum absolute atomic E-state index is 0.0563. The Morgan fingerprint density at radius 3 is 2.58 bits per heavy atom. The molecular weight excluding hydrogens is 306 g/mol. The van der Waals surface area contributed by atoms with Gasteiger partial charge in [-0.25, -0.2) is 0 Å². The van der Waals surface area contributed by atoms with Crippen molar-refractivity contribution in [2.24, 2.45) is 0 Å². The molecule has 98 valence electrons. The Labute approximate surface area is 120 Å². The summed E-state index contributed by atoms with van der Waals surface area (Å²) in [4.78, 5) is 23.8. The Morgan fingerprint density at radius 2 is 1.89 bits per heavy atom. The standard InChI is InChI=1S/C15H14BrNO2/c1-10-3-4-12(7-11(10)2)14(18)9-17-8-13(16)5-6-15(17)19/h3-8H,9H2,1-2H3. The maximum absolute atomic E-state index is 12.2. The zero-order valence-electron chi connectivity index (χ0n) is 10.8. The fourth-order valence-corrected chi connectivity index (χ4v) is 2.17. The van der Waals surface area contributed by atoms with Crippen molar-refractivity contribution in [1.29, 1.82) is 0 Å². The van der Waals surface area contributed by atoms with Gasteiger partial charge in [-0.3, -0.25) is 9.59 Å². The average molecular weight is 320 g/mol. The molecule has 0 fully saturated rings. The van der Waals surface area contributed by atoms with Gasteiger partial charge >= 0.3 is 0 Å². The van der Waals surface area contributed by atoms with E-state index in [1.165, 1.54) is 10.6 Å². The van der Waals surface area contributed by atoms with Crippen LogP contribution in [0.3, 0.4) is 0 Å². The number of rotatable bonds is 3. The van der Waals surface area contributed by atoms with Crippen LogP contribution in [-0.4, -0.2) is 10.4 Å². The Balaban J connectivity index is 2.28. The van der Waals surface area contributed by atoms with Crippen molar-refractivity contribution in [2.45, 2.75) is 20.4 Å². The number of aryl methyl sites for hydroxylation is 2. The minimum atomic E-state index is -0.180. The van der Waals surface area contributed by atoms with Gasteiger partial charge in [0.25, 0.3) is 5.56 Å². The van der Waals surface area contributed by atoms with Crippen molar-refractivity contribution in [1.82, 2.24) is 4.57 Å². The summed E-state index contributed by atoms with van der Waals surface area (Å²) in [6.07, 6.45) is 1.63. The summed E-state index contributed by atoms with van der Waals surface area (Å²) in [5.74, 6) is -0.0664. The molecule has 0 bridgehead atoms.